The van der Waals surface area contributed by atoms with Crippen LogP contribution in [0.15, 0.2) is 53.4 Å². The van der Waals surface area contributed by atoms with Crippen LogP contribution in [-0.4, -0.2) is 58.2 Å². The number of imide groups is 1. The van der Waals surface area contributed by atoms with Gasteiger partial charge in [-0.3, -0.25) is 0 Å². The number of primary sulfonamides is 1. The van der Waals surface area contributed by atoms with Gasteiger partial charge in [-0.25, -0.2) is 0 Å². The van der Waals surface area contributed by atoms with E-state index in [1.54, 1.807) is 24.3 Å². The zero-order valence-corrected chi connectivity index (χ0v) is 21.9. The van der Waals surface area contributed by atoms with Crippen molar-refractivity contribution in [2.24, 2.45) is 11.1 Å². The van der Waals surface area contributed by atoms with E-state index in [0.29, 0.717) is 24.4 Å². The average Bonchev–Trinajstić information content (AvgIpc) is 3.01. The van der Waals surface area contributed by atoms with Gasteiger partial charge < -0.3 is 0 Å². The molecule has 0 bridgehead atoms. The van der Waals surface area contributed by atoms with E-state index in [1.165, 1.54) is 12.1 Å². The Morgan fingerprint density at radius 3 is 2.49 bits per heavy atom. The second kappa shape index (κ2) is 10.1. The van der Waals surface area contributed by atoms with E-state index in [2.05, 4.69) is 17.6 Å². The van der Waals surface area contributed by atoms with Crippen LogP contribution < -0.4 is 20.2 Å². The summed E-state index contributed by atoms with van der Waals surface area (Å²) in [7, 11) is -3.70. The van der Waals surface area contributed by atoms with Crippen LogP contribution in [0.25, 0.3) is 0 Å². The standard InChI is InChI=1S/C24H28N4O5SSe/c1-16-3-2-12-24(13-16)22(30)28(23(31)27-24)14-21(29)26-18-6-10-20(11-7-18)35-15-17-4-8-19(9-5-17)34(25,32)33/h4-11,16H,2-3,12-15H2,1H3,(H,26,29)(H,27,31)(H2,25,32,33). The topological polar surface area (TPSA) is 139 Å². The molecule has 2 atom stereocenters. The first-order chi connectivity index (χ1) is 16.6. The number of nitrogens with one attached hydrogen (secondary N) is 2. The normalized spacial score (nSPS) is 22.3. The number of anilines is 1. The summed E-state index contributed by atoms with van der Waals surface area (Å²) in [5.41, 5.74) is 0.728. The van der Waals surface area contributed by atoms with Crippen molar-refractivity contribution >= 4 is 53.0 Å². The molecule has 1 spiro atoms. The summed E-state index contributed by atoms with van der Waals surface area (Å²) in [5, 5.41) is 11.5. The van der Waals surface area contributed by atoms with E-state index in [0.717, 1.165) is 33.1 Å². The van der Waals surface area contributed by atoms with Crippen LogP contribution in [-0.2, 0) is 24.9 Å². The molecule has 0 radical (unpaired) electrons. The maximum atomic E-state index is 13.0. The van der Waals surface area contributed by atoms with Gasteiger partial charge in [0.1, 0.15) is 0 Å². The van der Waals surface area contributed by atoms with Crippen LogP contribution >= 0.6 is 0 Å². The van der Waals surface area contributed by atoms with Crippen LogP contribution in [0, 0.1) is 5.92 Å². The number of rotatable bonds is 7. The van der Waals surface area contributed by atoms with Gasteiger partial charge in [0.2, 0.25) is 0 Å². The Kier molecular flexibility index (Phi) is 7.32. The number of urea groups is 1. The summed E-state index contributed by atoms with van der Waals surface area (Å²) in [6.07, 6.45) is 3.13. The maximum absolute atomic E-state index is 13.0. The summed E-state index contributed by atoms with van der Waals surface area (Å²) >= 11 is 0.108. The molecule has 2 aromatic carbocycles. The number of benzene rings is 2. The van der Waals surface area contributed by atoms with Crippen molar-refractivity contribution < 1.29 is 22.8 Å². The summed E-state index contributed by atoms with van der Waals surface area (Å²) in [6.45, 7) is 1.76. The van der Waals surface area contributed by atoms with Gasteiger partial charge >= 0.3 is 198 Å². The minimum absolute atomic E-state index is 0.0884. The second-order valence-corrected chi connectivity index (χ2v) is 12.9. The van der Waals surface area contributed by atoms with Crippen molar-refractivity contribution in [1.82, 2.24) is 10.2 Å². The van der Waals surface area contributed by atoms with Crippen LogP contribution in [0.4, 0.5) is 10.5 Å². The first-order valence-corrected chi connectivity index (χ1v) is 15.0. The molecule has 2 aromatic rings. The first kappa shape index (κ1) is 25.4. The molecule has 11 heteroatoms. The molecule has 4 amide bonds. The van der Waals surface area contributed by atoms with Gasteiger partial charge in [0.25, 0.3) is 0 Å². The Labute approximate surface area is 211 Å². The number of carbonyl (C=O) groups is 3. The molecule has 186 valence electrons. The number of nitrogens with zero attached hydrogens (tertiary/aromatic N) is 1. The number of nitrogens with two attached hydrogens (primary N) is 1. The van der Waals surface area contributed by atoms with Gasteiger partial charge in [-0.1, -0.05) is 13.3 Å². The molecule has 4 rings (SSSR count). The SMILES string of the molecule is CC1CCCC2(C1)NC(=O)N(CC(=O)Nc1ccc([Se]Cc3ccc(S(N)(=O)=O)cc3)cc1)C2=O. The van der Waals surface area contributed by atoms with Crippen molar-refractivity contribution in [2.45, 2.75) is 48.4 Å². The zero-order valence-electron chi connectivity index (χ0n) is 19.3. The number of amides is 4. The fraction of sp³-hybridized carbons (Fsp3) is 0.375. The first-order valence-electron chi connectivity index (χ1n) is 11.3. The van der Waals surface area contributed by atoms with Crippen molar-refractivity contribution in [3.63, 3.8) is 0 Å². The summed E-state index contributed by atoms with van der Waals surface area (Å²) in [4.78, 5) is 39.1. The molecule has 2 aliphatic rings. The van der Waals surface area contributed by atoms with E-state index >= 15 is 0 Å². The molecular formula is C24H28N4O5SSe. The van der Waals surface area contributed by atoms with Gasteiger partial charge in [-0.15, -0.1) is 0 Å². The number of hydrogen-bond donors (Lipinski definition) is 3. The average molecular weight is 564 g/mol. The van der Waals surface area contributed by atoms with E-state index in [9.17, 15) is 22.8 Å². The molecular weight excluding hydrogens is 535 g/mol. The van der Waals surface area contributed by atoms with Crippen molar-refractivity contribution in [3.8, 4) is 0 Å². The quantitative estimate of drug-likeness (QED) is 0.345. The van der Waals surface area contributed by atoms with E-state index in [1.807, 2.05) is 12.1 Å². The molecule has 4 N–H and O–H groups in total. The molecule has 9 nitrogen and oxygen atoms in total. The monoisotopic (exact) mass is 564 g/mol. The molecule has 1 saturated carbocycles. The van der Waals surface area contributed by atoms with Gasteiger partial charge in [0, 0.05) is 0 Å². The van der Waals surface area contributed by atoms with Gasteiger partial charge in [-0.05, 0) is 0 Å². The molecule has 1 heterocycles. The van der Waals surface area contributed by atoms with Crippen molar-refractivity contribution in [2.75, 3.05) is 11.9 Å². The van der Waals surface area contributed by atoms with Gasteiger partial charge in [0.05, 0.1) is 0 Å². The van der Waals surface area contributed by atoms with Crippen LogP contribution in [0.3, 0.4) is 0 Å². The summed E-state index contributed by atoms with van der Waals surface area (Å²) in [6, 6.07) is 13.4. The number of sulfonamides is 1. The molecule has 1 aliphatic heterocycles. The third-order valence-corrected chi connectivity index (χ3v) is 9.54. The van der Waals surface area contributed by atoms with Gasteiger partial charge in [-0.2, -0.15) is 0 Å². The van der Waals surface area contributed by atoms with Crippen molar-refractivity contribution in [3.05, 3.63) is 54.1 Å². The fourth-order valence-electron chi connectivity index (χ4n) is 4.60. The van der Waals surface area contributed by atoms with E-state index in [-0.39, 0.29) is 32.3 Å². The molecule has 2 fully saturated rings. The number of carbonyl (C=O) groups excluding carboxylic acids is 3. The molecule has 35 heavy (non-hydrogen) atoms. The van der Waals surface area contributed by atoms with E-state index in [4.69, 9.17) is 5.14 Å². The fourth-order valence-corrected chi connectivity index (χ4v) is 6.91. The Hall–Kier alpha value is -2.72. The molecule has 1 saturated heterocycles. The Morgan fingerprint density at radius 1 is 1.17 bits per heavy atom. The Morgan fingerprint density at radius 2 is 1.86 bits per heavy atom. The zero-order chi connectivity index (χ0) is 25.2. The predicted molar refractivity (Wildman–Crippen MR) is 133 cm³/mol. The van der Waals surface area contributed by atoms with Crippen LogP contribution in [0.1, 0.15) is 38.2 Å². The second-order valence-electron chi connectivity index (χ2n) is 9.16. The molecule has 0 aromatic heterocycles. The minimum atomic E-state index is -3.70. The van der Waals surface area contributed by atoms with Crippen LogP contribution in [0.2, 0.25) is 0 Å². The Bertz CT molecular complexity index is 1230. The van der Waals surface area contributed by atoms with E-state index < -0.39 is 27.5 Å². The van der Waals surface area contributed by atoms with Crippen LogP contribution in [0.5, 0.6) is 0 Å². The molecule has 2 unspecified atom stereocenters. The van der Waals surface area contributed by atoms with Gasteiger partial charge in [0.15, 0.2) is 0 Å². The summed E-state index contributed by atoms with van der Waals surface area (Å²) < 4.78 is 23.8. The number of hydrogen-bond acceptors (Lipinski definition) is 5. The molecule has 1 aliphatic carbocycles. The Balaban J connectivity index is 1.29. The van der Waals surface area contributed by atoms with Crippen molar-refractivity contribution in [1.29, 1.82) is 0 Å². The third-order valence-electron chi connectivity index (χ3n) is 6.34. The third kappa shape index (κ3) is 5.92. The summed E-state index contributed by atoms with van der Waals surface area (Å²) in [5.74, 6) is -0.384. The predicted octanol–water partition coefficient (Wildman–Crippen LogP) is 1.30.